The molecular weight excluding hydrogens is 323 g/mol. The smallest absolute Gasteiger partial charge is 0.465 e. The highest BCUT2D eigenvalue weighted by molar-refractivity contribution is 6.29. The number of carbonyl (C=O) groups excluding carboxylic acids is 1. The number of para-hydroxylation sites is 1. The van der Waals surface area contributed by atoms with E-state index in [1.165, 1.54) is 30.5 Å². The molecule has 0 saturated carbocycles. The number of alkyl halides is 3. The molecule has 0 aliphatic heterocycles. The van der Waals surface area contributed by atoms with Crippen LogP contribution < -0.4 is 4.74 Å². The molecule has 1 aromatic carbocycles. The first-order valence-electron chi connectivity index (χ1n) is 5.91. The maximum absolute atomic E-state index is 12.5. The molecule has 2 rings (SSSR count). The molecule has 1 heterocycles. The molecule has 116 valence electrons. The standard InChI is InChI=1S/C14H9ClF3NO3/c1-21-13(20)9-6-12(15)19-7-10(9)8-4-2-3-5-11(8)22-14(16,17)18/h2-7H,1H3. The number of pyridine rings is 1. The number of esters is 1. The topological polar surface area (TPSA) is 48.4 Å². The summed E-state index contributed by atoms with van der Waals surface area (Å²) in [6.07, 6.45) is -3.67. The maximum atomic E-state index is 12.5. The lowest BCUT2D eigenvalue weighted by Crippen LogP contribution is -2.17. The third-order valence-electron chi connectivity index (χ3n) is 2.68. The number of hydrogen-bond donors (Lipinski definition) is 0. The van der Waals surface area contributed by atoms with E-state index < -0.39 is 18.1 Å². The molecule has 0 fully saturated rings. The highest BCUT2D eigenvalue weighted by Gasteiger charge is 2.32. The Bertz CT molecular complexity index is 704. The summed E-state index contributed by atoms with van der Waals surface area (Å²) in [5.74, 6) is -1.20. The van der Waals surface area contributed by atoms with Gasteiger partial charge in [0.2, 0.25) is 0 Å². The van der Waals surface area contributed by atoms with Gasteiger partial charge in [0.15, 0.2) is 0 Å². The van der Waals surface area contributed by atoms with E-state index in [9.17, 15) is 18.0 Å². The van der Waals surface area contributed by atoms with E-state index in [1.54, 1.807) is 0 Å². The third kappa shape index (κ3) is 3.67. The van der Waals surface area contributed by atoms with Gasteiger partial charge in [-0.05, 0) is 12.1 Å². The van der Waals surface area contributed by atoms with E-state index >= 15 is 0 Å². The maximum Gasteiger partial charge on any atom is 0.573 e. The average molecular weight is 332 g/mol. The van der Waals surface area contributed by atoms with E-state index in [1.807, 2.05) is 0 Å². The molecular formula is C14H9ClF3NO3. The van der Waals surface area contributed by atoms with Gasteiger partial charge in [-0.25, -0.2) is 9.78 Å². The monoisotopic (exact) mass is 331 g/mol. The van der Waals surface area contributed by atoms with Gasteiger partial charge in [-0.2, -0.15) is 0 Å². The van der Waals surface area contributed by atoms with Crippen LogP contribution in [0.2, 0.25) is 5.15 Å². The van der Waals surface area contributed by atoms with Crippen LogP contribution in [0.25, 0.3) is 11.1 Å². The normalized spacial score (nSPS) is 11.1. The highest BCUT2D eigenvalue weighted by Crippen LogP contribution is 2.35. The number of ether oxygens (including phenoxy) is 2. The summed E-state index contributed by atoms with van der Waals surface area (Å²) in [7, 11) is 1.15. The van der Waals surface area contributed by atoms with Gasteiger partial charge in [0.25, 0.3) is 0 Å². The summed E-state index contributed by atoms with van der Waals surface area (Å²) < 4.78 is 46.0. The SMILES string of the molecule is COC(=O)c1cc(Cl)ncc1-c1ccccc1OC(F)(F)F. The molecule has 22 heavy (non-hydrogen) atoms. The Morgan fingerprint density at radius 1 is 1.23 bits per heavy atom. The number of methoxy groups -OCH3 is 1. The summed E-state index contributed by atoms with van der Waals surface area (Å²) in [5.41, 5.74) is 0.154. The predicted molar refractivity (Wildman–Crippen MR) is 72.7 cm³/mol. The molecule has 0 atom stereocenters. The van der Waals surface area contributed by atoms with Crippen molar-refractivity contribution in [2.24, 2.45) is 0 Å². The van der Waals surface area contributed by atoms with Crippen molar-refractivity contribution in [3.8, 4) is 16.9 Å². The number of nitrogens with zero attached hydrogens (tertiary/aromatic N) is 1. The summed E-state index contributed by atoms with van der Waals surface area (Å²) in [6.45, 7) is 0. The third-order valence-corrected chi connectivity index (χ3v) is 2.89. The first-order chi connectivity index (χ1) is 10.3. The molecule has 0 aliphatic carbocycles. The predicted octanol–water partition coefficient (Wildman–Crippen LogP) is 4.09. The van der Waals surface area contributed by atoms with Crippen LogP contribution in [-0.2, 0) is 4.74 Å². The van der Waals surface area contributed by atoms with Crippen molar-refractivity contribution in [2.45, 2.75) is 6.36 Å². The van der Waals surface area contributed by atoms with Crippen LogP contribution >= 0.6 is 11.6 Å². The van der Waals surface area contributed by atoms with Gasteiger partial charge in [-0.15, -0.1) is 13.2 Å². The van der Waals surface area contributed by atoms with Crippen LogP contribution in [0.3, 0.4) is 0 Å². The zero-order valence-electron chi connectivity index (χ0n) is 11.1. The van der Waals surface area contributed by atoms with Gasteiger partial charge >= 0.3 is 12.3 Å². The molecule has 0 unspecified atom stereocenters. The molecule has 2 aromatic rings. The second-order valence-electron chi connectivity index (χ2n) is 4.09. The Labute approximate surface area is 128 Å². The van der Waals surface area contributed by atoms with Gasteiger partial charge in [0, 0.05) is 17.3 Å². The minimum Gasteiger partial charge on any atom is -0.465 e. The van der Waals surface area contributed by atoms with Crippen molar-refractivity contribution in [3.05, 3.63) is 47.2 Å². The lowest BCUT2D eigenvalue weighted by Gasteiger charge is -2.14. The number of benzene rings is 1. The van der Waals surface area contributed by atoms with Crippen molar-refractivity contribution in [2.75, 3.05) is 7.11 Å². The van der Waals surface area contributed by atoms with Crippen molar-refractivity contribution < 1.29 is 27.4 Å². The Hall–Kier alpha value is -2.28. The molecule has 8 heteroatoms. The fraction of sp³-hybridized carbons (Fsp3) is 0.143. The highest BCUT2D eigenvalue weighted by atomic mass is 35.5. The number of hydrogen-bond acceptors (Lipinski definition) is 4. The van der Waals surface area contributed by atoms with Gasteiger partial charge < -0.3 is 9.47 Å². The number of aromatic nitrogens is 1. The molecule has 4 nitrogen and oxygen atoms in total. The van der Waals surface area contributed by atoms with Gasteiger partial charge in [0.1, 0.15) is 10.9 Å². The molecule has 0 amide bonds. The van der Waals surface area contributed by atoms with E-state index in [-0.39, 0.29) is 21.8 Å². The molecule has 0 spiro atoms. The Morgan fingerprint density at radius 2 is 1.91 bits per heavy atom. The fourth-order valence-electron chi connectivity index (χ4n) is 1.83. The van der Waals surface area contributed by atoms with Gasteiger partial charge in [-0.1, -0.05) is 29.8 Å². The van der Waals surface area contributed by atoms with Crippen LogP contribution in [-0.4, -0.2) is 24.4 Å². The van der Waals surface area contributed by atoms with Crippen LogP contribution in [0.1, 0.15) is 10.4 Å². The summed E-state index contributed by atoms with van der Waals surface area (Å²) >= 11 is 5.72. The van der Waals surface area contributed by atoms with Crippen molar-refractivity contribution in [1.82, 2.24) is 4.98 Å². The largest absolute Gasteiger partial charge is 0.573 e. The zero-order valence-corrected chi connectivity index (χ0v) is 11.9. The van der Waals surface area contributed by atoms with Crippen molar-refractivity contribution in [1.29, 1.82) is 0 Å². The van der Waals surface area contributed by atoms with Crippen LogP contribution in [0.4, 0.5) is 13.2 Å². The summed E-state index contributed by atoms with van der Waals surface area (Å²) in [5, 5.41) is 0.0124. The lowest BCUT2D eigenvalue weighted by atomic mass is 10.0. The second kappa shape index (κ2) is 6.23. The van der Waals surface area contributed by atoms with Gasteiger partial charge in [-0.3, -0.25) is 0 Å². The van der Waals surface area contributed by atoms with E-state index in [2.05, 4.69) is 14.5 Å². The quantitative estimate of drug-likeness (QED) is 0.628. The number of rotatable bonds is 3. The first-order valence-corrected chi connectivity index (χ1v) is 6.28. The van der Waals surface area contributed by atoms with Crippen LogP contribution in [0.15, 0.2) is 36.5 Å². The van der Waals surface area contributed by atoms with Crippen molar-refractivity contribution in [3.63, 3.8) is 0 Å². The molecule has 0 saturated heterocycles. The molecule has 0 N–H and O–H groups in total. The Kier molecular flexibility index (Phi) is 4.56. The average Bonchev–Trinajstić information content (AvgIpc) is 2.45. The Balaban J connectivity index is 2.60. The lowest BCUT2D eigenvalue weighted by molar-refractivity contribution is -0.274. The zero-order chi connectivity index (χ0) is 16.3. The number of carbonyl (C=O) groups is 1. The van der Waals surface area contributed by atoms with E-state index in [4.69, 9.17) is 11.6 Å². The van der Waals surface area contributed by atoms with Crippen LogP contribution in [0.5, 0.6) is 5.75 Å². The summed E-state index contributed by atoms with van der Waals surface area (Å²) in [6, 6.07) is 6.62. The second-order valence-corrected chi connectivity index (χ2v) is 4.48. The molecule has 0 bridgehead atoms. The fourth-order valence-corrected chi connectivity index (χ4v) is 1.98. The number of halogens is 4. The van der Waals surface area contributed by atoms with Crippen LogP contribution in [0, 0.1) is 0 Å². The Morgan fingerprint density at radius 3 is 2.55 bits per heavy atom. The van der Waals surface area contributed by atoms with Crippen molar-refractivity contribution >= 4 is 17.6 Å². The first kappa shape index (κ1) is 16.1. The van der Waals surface area contributed by atoms with E-state index in [0.29, 0.717) is 0 Å². The van der Waals surface area contributed by atoms with Gasteiger partial charge in [0.05, 0.1) is 12.7 Å². The van der Waals surface area contributed by atoms with E-state index in [0.717, 1.165) is 13.2 Å². The minimum atomic E-state index is -4.86. The molecule has 0 aliphatic rings. The molecule has 1 aromatic heterocycles. The molecule has 0 radical (unpaired) electrons. The summed E-state index contributed by atoms with van der Waals surface area (Å²) in [4.78, 5) is 15.6. The minimum absolute atomic E-state index is 0.0124.